The van der Waals surface area contributed by atoms with Gasteiger partial charge < -0.3 is 24.8 Å². The van der Waals surface area contributed by atoms with Gasteiger partial charge in [0.25, 0.3) is 0 Å². The summed E-state index contributed by atoms with van der Waals surface area (Å²) < 4.78 is 14.9. The SMILES string of the molecule is C=C(CC(=O)Oc1ccc(CC(NC(=O)OC(C)(C)C)C(=O)NCC)cc1)C(=O)OC. The molecule has 0 radical (unpaired) electrons. The van der Waals surface area contributed by atoms with E-state index in [9.17, 15) is 19.2 Å². The minimum Gasteiger partial charge on any atom is -0.466 e. The normalized spacial score (nSPS) is 11.6. The van der Waals surface area contributed by atoms with Crippen molar-refractivity contribution in [3.8, 4) is 5.75 Å². The fourth-order valence-corrected chi connectivity index (χ4v) is 2.44. The average Bonchev–Trinajstić information content (AvgIpc) is 2.66. The van der Waals surface area contributed by atoms with E-state index in [1.807, 2.05) is 0 Å². The summed E-state index contributed by atoms with van der Waals surface area (Å²) in [6.45, 7) is 10.9. The Morgan fingerprint density at radius 2 is 1.71 bits per heavy atom. The lowest BCUT2D eigenvalue weighted by Crippen LogP contribution is -2.49. The van der Waals surface area contributed by atoms with E-state index in [0.29, 0.717) is 6.54 Å². The molecule has 9 heteroatoms. The van der Waals surface area contributed by atoms with Crippen LogP contribution in [0, 0.1) is 0 Å². The van der Waals surface area contributed by atoms with E-state index in [1.165, 1.54) is 7.11 Å². The second-order valence-corrected chi connectivity index (χ2v) is 7.69. The van der Waals surface area contributed by atoms with Crippen molar-refractivity contribution in [3.05, 3.63) is 42.0 Å². The van der Waals surface area contributed by atoms with E-state index in [2.05, 4.69) is 21.9 Å². The molecule has 0 aliphatic heterocycles. The number of ether oxygens (including phenoxy) is 3. The molecule has 1 rings (SSSR count). The van der Waals surface area contributed by atoms with Gasteiger partial charge in [-0.05, 0) is 45.4 Å². The van der Waals surface area contributed by atoms with Crippen molar-refractivity contribution in [1.82, 2.24) is 10.6 Å². The Hall–Kier alpha value is -3.36. The van der Waals surface area contributed by atoms with Crippen LogP contribution in [0.15, 0.2) is 36.4 Å². The summed E-state index contributed by atoms with van der Waals surface area (Å²) in [7, 11) is 1.20. The zero-order valence-electron chi connectivity index (χ0n) is 18.6. The largest absolute Gasteiger partial charge is 0.466 e. The highest BCUT2D eigenvalue weighted by molar-refractivity contribution is 5.93. The predicted octanol–water partition coefficient (Wildman–Crippen LogP) is 2.28. The molecular formula is C22H30N2O7. The maximum atomic E-state index is 12.3. The summed E-state index contributed by atoms with van der Waals surface area (Å²) in [6.07, 6.45) is -0.786. The zero-order valence-corrected chi connectivity index (χ0v) is 18.6. The maximum Gasteiger partial charge on any atom is 0.408 e. The van der Waals surface area contributed by atoms with Gasteiger partial charge in [-0.15, -0.1) is 0 Å². The van der Waals surface area contributed by atoms with Crippen molar-refractivity contribution < 1.29 is 33.4 Å². The second-order valence-electron chi connectivity index (χ2n) is 7.69. The third-order valence-corrected chi connectivity index (χ3v) is 3.79. The van der Waals surface area contributed by atoms with Gasteiger partial charge in [0.1, 0.15) is 17.4 Å². The third-order valence-electron chi connectivity index (χ3n) is 3.79. The number of methoxy groups -OCH3 is 1. The number of rotatable bonds is 9. The van der Waals surface area contributed by atoms with Crippen LogP contribution in [0.5, 0.6) is 5.75 Å². The lowest BCUT2D eigenvalue weighted by molar-refractivity contribution is -0.139. The fourth-order valence-electron chi connectivity index (χ4n) is 2.44. The highest BCUT2D eigenvalue weighted by Crippen LogP contribution is 2.16. The molecule has 2 N–H and O–H groups in total. The summed E-state index contributed by atoms with van der Waals surface area (Å²) in [5.41, 5.74) is 0.0220. The molecule has 0 aliphatic carbocycles. The van der Waals surface area contributed by atoms with Gasteiger partial charge in [-0.3, -0.25) is 9.59 Å². The highest BCUT2D eigenvalue weighted by Gasteiger charge is 2.24. The van der Waals surface area contributed by atoms with Crippen LogP contribution >= 0.6 is 0 Å². The average molecular weight is 434 g/mol. The first-order chi connectivity index (χ1) is 14.4. The van der Waals surface area contributed by atoms with Gasteiger partial charge in [-0.25, -0.2) is 9.59 Å². The number of benzene rings is 1. The third kappa shape index (κ3) is 9.79. The van der Waals surface area contributed by atoms with Crippen molar-refractivity contribution in [1.29, 1.82) is 0 Å². The number of hydrogen-bond acceptors (Lipinski definition) is 7. The first-order valence-corrected chi connectivity index (χ1v) is 9.78. The topological polar surface area (TPSA) is 120 Å². The van der Waals surface area contributed by atoms with Crippen LogP contribution in [0.3, 0.4) is 0 Å². The van der Waals surface area contributed by atoms with E-state index >= 15 is 0 Å². The number of carbonyl (C=O) groups is 4. The molecule has 0 bridgehead atoms. The molecule has 1 atom stereocenters. The summed E-state index contributed by atoms with van der Waals surface area (Å²) >= 11 is 0. The van der Waals surface area contributed by atoms with E-state index in [4.69, 9.17) is 9.47 Å². The molecule has 9 nitrogen and oxygen atoms in total. The Balaban J connectivity index is 2.77. The van der Waals surface area contributed by atoms with Crippen LogP contribution in [0.2, 0.25) is 0 Å². The van der Waals surface area contributed by atoms with Gasteiger partial charge in [0, 0.05) is 18.5 Å². The standard InChI is InChI=1S/C22H30N2O7/c1-7-23-19(26)17(24-21(28)31-22(3,4)5)13-15-8-10-16(11-9-15)30-18(25)12-14(2)20(27)29-6/h8-11,17H,2,7,12-13H2,1,3-6H3,(H,23,26)(H,24,28). The summed E-state index contributed by atoms with van der Waals surface area (Å²) in [5.74, 6) is -1.41. The number of alkyl carbamates (subject to hydrolysis) is 1. The van der Waals surface area contributed by atoms with Gasteiger partial charge in [0.2, 0.25) is 5.91 Å². The quantitative estimate of drug-likeness (QED) is 0.348. The molecule has 31 heavy (non-hydrogen) atoms. The number of esters is 2. The van der Waals surface area contributed by atoms with Gasteiger partial charge in [-0.1, -0.05) is 18.7 Å². The van der Waals surface area contributed by atoms with E-state index in [0.717, 1.165) is 5.56 Å². The Morgan fingerprint density at radius 1 is 1.10 bits per heavy atom. The second kappa shape index (κ2) is 11.7. The van der Waals surface area contributed by atoms with E-state index in [1.54, 1.807) is 52.0 Å². The Bertz CT molecular complexity index is 810. The molecule has 0 aromatic heterocycles. The van der Waals surface area contributed by atoms with Gasteiger partial charge in [0.15, 0.2) is 0 Å². The number of nitrogens with one attached hydrogen (secondary N) is 2. The lowest BCUT2D eigenvalue weighted by atomic mass is 10.1. The zero-order chi connectivity index (χ0) is 23.6. The first-order valence-electron chi connectivity index (χ1n) is 9.78. The van der Waals surface area contributed by atoms with Crippen LogP contribution < -0.4 is 15.4 Å². The van der Waals surface area contributed by atoms with Crippen molar-refractivity contribution in [2.75, 3.05) is 13.7 Å². The van der Waals surface area contributed by atoms with Gasteiger partial charge in [-0.2, -0.15) is 0 Å². The Kier molecular flexibility index (Phi) is 9.72. The van der Waals surface area contributed by atoms with E-state index < -0.39 is 29.7 Å². The van der Waals surface area contributed by atoms with Gasteiger partial charge in [0.05, 0.1) is 13.5 Å². The Morgan fingerprint density at radius 3 is 2.23 bits per heavy atom. The maximum absolute atomic E-state index is 12.3. The molecule has 1 unspecified atom stereocenters. The molecule has 1 aromatic rings. The van der Waals surface area contributed by atoms with Crippen LogP contribution in [0.1, 0.15) is 39.7 Å². The van der Waals surface area contributed by atoms with Crippen LogP contribution in [-0.2, 0) is 30.3 Å². The fraction of sp³-hybridized carbons (Fsp3) is 0.455. The molecule has 0 saturated carbocycles. The molecule has 2 amide bonds. The monoisotopic (exact) mass is 434 g/mol. The molecule has 1 aromatic carbocycles. The number of hydrogen-bond donors (Lipinski definition) is 2. The number of carbonyl (C=O) groups excluding carboxylic acids is 4. The molecule has 0 saturated heterocycles. The smallest absolute Gasteiger partial charge is 0.408 e. The molecule has 0 spiro atoms. The van der Waals surface area contributed by atoms with Crippen molar-refractivity contribution in [3.63, 3.8) is 0 Å². The van der Waals surface area contributed by atoms with Crippen molar-refractivity contribution in [2.45, 2.75) is 52.2 Å². The molecule has 170 valence electrons. The van der Waals surface area contributed by atoms with Crippen LogP contribution in [0.4, 0.5) is 4.79 Å². The molecule has 0 fully saturated rings. The van der Waals surface area contributed by atoms with Crippen LogP contribution in [0.25, 0.3) is 0 Å². The van der Waals surface area contributed by atoms with Gasteiger partial charge >= 0.3 is 18.0 Å². The van der Waals surface area contributed by atoms with E-state index in [-0.39, 0.29) is 30.1 Å². The molecule has 0 heterocycles. The highest BCUT2D eigenvalue weighted by atomic mass is 16.6. The molecular weight excluding hydrogens is 404 g/mol. The minimum absolute atomic E-state index is 0.0119. The minimum atomic E-state index is -0.841. The van der Waals surface area contributed by atoms with Crippen molar-refractivity contribution >= 4 is 23.9 Å². The first kappa shape index (κ1) is 25.7. The number of likely N-dealkylation sites (N-methyl/N-ethyl adjacent to an activating group) is 1. The summed E-state index contributed by atoms with van der Waals surface area (Å²) in [6, 6.07) is 5.60. The summed E-state index contributed by atoms with van der Waals surface area (Å²) in [5, 5.41) is 5.26. The number of amides is 2. The summed E-state index contributed by atoms with van der Waals surface area (Å²) in [4.78, 5) is 47.6. The molecule has 0 aliphatic rings. The van der Waals surface area contributed by atoms with Crippen molar-refractivity contribution in [2.24, 2.45) is 0 Å². The Labute approximate surface area is 182 Å². The lowest BCUT2D eigenvalue weighted by Gasteiger charge is -2.23. The van der Waals surface area contributed by atoms with Crippen LogP contribution in [-0.4, -0.2) is 49.2 Å². The predicted molar refractivity (Wildman–Crippen MR) is 113 cm³/mol.